The van der Waals surface area contributed by atoms with E-state index in [-0.39, 0.29) is 25.7 Å². The number of phosphoric ester groups is 2. The Morgan fingerprint density at radius 2 is 0.495 bits per heavy atom. The van der Waals surface area contributed by atoms with E-state index in [1.54, 1.807) is 0 Å². The number of ether oxygens (including phenoxy) is 4. The number of hydrogen-bond donors (Lipinski definition) is 3. The van der Waals surface area contributed by atoms with E-state index in [0.717, 1.165) is 102 Å². The summed E-state index contributed by atoms with van der Waals surface area (Å²) in [6.07, 6.45) is 57.9. The van der Waals surface area contributed by atoms with Crippen molar-refractivity contribution in [2.75, 3.05) is 39.6 Å². The van der Waals surface area contributed by atoms with E-state index < -0.39 is 97.5 Å². The van der Waals surface area contributed by atoms with Crippen LogP contribution in [0.15, 0.2) is 0 Å². The molecule has 0 fully saturated rings. The molecule has 4 unspecified atom stereocenters. The number of hydrogen-bond acceptors (Lipinski definition) is 15. The summed E-state index contributed by atoms with van der Waals surface area (Å²) in [6, 6.07) is 0. The lowest BCUT2D eigenvalue weighted by Gasteiger charge is -2.21. The Labute approximate surface area is 594 Å². The van der Waals surface area contributed by atoms with Crippen LogP contribution in [-0.2, 0) is 65.4 Å². The maximum Gasteiger partial charge on any atom is 0.472 e. The van der Waals surface area contributed by atoms with Crippen molar-refractivity contribution in [2.24, 2.45) is 11.8 Å². The summed E-state index contributed by atoms with van der Waals surface area (Å²) in [5, 5.41) is 10.6. The van der Waals surface area contributed by atoms with Crippen molar-refractivity contribution >= 4 is 39.5 Å². The van der Waals surface area contributed by atoms with Gasteiger partial charge in [-0.2, -0.15) is 0 Å². The molecule has 0 spiro atoms. The number of rotatable bonds is 77. The molecular weight excluding hydrogens is 1270 g/mol. The Morgan fingerprint density at radius 3 is 0.732 bits per heavy atom. The summed E-state index contributed by atoms with van der Waals surface area (Å²) in [5.74, 6) is -0.497. The lowest BCUT2D eigenvalue weighted by Crippen LogP contribution is -2.30. The smallest absolute Gasteiger partial charge is 0.462 e. The van der Waals surface area contributed by atoms with Gasteiger partial charge in [0.25, 0.3) is 0 Å². The van der Waals surface area contributed by atoms with Gasteiger partial charge in [0.05, 0.1) is 26.4 Å². The van der Waals surface area contributed by atoms with Crippen molar-refractivity contribution in [1.82, 2.24) is 0 Å². The van der Waals surface area contributed by atoms with E-state index in [1.807, 2.05) is 0 Å². The zero-order valence-electron chi connectivity index (χ0n) is 63.4. The third kappa shape index (κ3) is 69.5. The van der Waals surface area contributed by atoms with E-state index >= 15 is 0 Å². The molecule has 0 aliphatic rings. The number of aliphatic hydroxyl groups is 1. The first-order chi connectivity index (χ1) is 46.9. The van der Waals surface area contributed by atoms with Crippen LogP contribution in [0.5, 0.6) is 0 Å². The molecule has 576 valence electrons. The highest BCUT2D eigenvalue weighted by Crippen LogP contribution is 2.45. The molecule has 0 heterocycles. The van der Waals surface area contributed by atoms with Crippen LogP contribution in [0.4, 0.5) is 0 Å². The van der Waals surface area contributed by atoms with Crippen LogP contribution >= 0.6 is 15.6 Å². The standard InChI is InChI=1S/C78H152O17P2/c1-7-11-13-15-17-19-21-23-24-25-27-29-38-44-50-56-62-77(82)94-73(67-89-76(81)61-55-49-43-37-32-30-34-40-46-52-58-70(5)9-3)68-92-96(84,85)90-64-72(79)65-91-97(86,87)93-69-74(66-88-75(80)60-54-48-42-36-28-26-22-20-18-16-14-12-8-2)95-78(83)63-57-51-45-39-33-31-35-41-47-53-59-71(6)10-4/h70-74,79H,7-69H2,1-6H3,(H,84,85)(H,86,87)/t70?,71?,72-,73-,74-/m1/s1. The first-order valence-corrected chi connectivity index (χ1v) is 43.6. The summed E-state index contributed by atoms with van der Waals surface area (Å²) < 4.78 is 68.7. The Hall–Kier alpha value is -1.94. The molecular formula is C78H152O17P2. The van der Waals surface area contributed by atoms with Gasteiger partial charge < -0.3 is 33.8 Å². The number of unbranched alkanes of at least 4 members (excludes halogenated alkanes) is 45. The number of carbonyl (C=O) groups excluding carboxylic acids is 4. The summed E-state index contributed by atoms with van der Waals surface area (Å²) in [4.78, 5) is 73.0. The third-order valence-corrected chi connectivity index (χ3v) is 20.8. The van der Waals surface area contributed by atoms with Crippen LogP contribution in [0.3, 0.4) is 0 Å². The topological polar surface area (TPSA) is 237 Å². The zero-order chi connectivity index (χ0) is 71.4. The van der Waals surface area contributed by atoms with Gasteiger partial charge in [-0.15, -0.1) is 0 Å². The summed E-state index contributed by atoms with van der Waals surface area (Å²) in [5.41, 5.74) is 0. The highest BCUT2D eigenvalue weighted by Gasteiger charge is 2.30. The van der Waals surface area contributed by atoms with Crippen LogP contribution in [0, 0.1) is 11.8 Å². The molecule has 19 heteroatoms. The van der Waals surface area contributed by atoms with Crippen molar-refractivity contribution in [3.63, 3.8) is 0 Å². The second-order valence-corrected chi connectivity index (χ2v) is 31.5. The van der Waals surface area contributed by atoms with Crippen molar-refractivity contribution < 1.29 is 80.2 Å². The molecule has 0 aromatic carbocycles. The number of carbonyl (C=O) groups is 4. The van der Waals surface area contributed by atoms with Gasteiger partial charge in [-0.1, -0.05) is 356 Å². The van der Waals surface area contributed by atoms with Gasteiger partial charge in [0.15, 0.2) is 12.2 Å². The fraction of sp³-hybridized carbons (Fsp3) is 0.949. The Morgan fingerprint density at radius 1 is 0.289 bits per heavy atom. The summed E-state index contributed by atoms with van der Waals surface area (Å²) >= 11 is 0. The highest BCUT2D eigenvalue weighted by atomic mass is 31.2. The van der Waals surface area contributed by atoms with Crippen LogP contribution in [0.2, 0.25) is 0 Å². The third-order valence-electron chi connectivity index (χ3n) is 18.9. The Balaban J connectivity index is 5.28. The van der Waals surface area contributed by atoms with E-state index in [2.05, 4.69) is 41.5 Å². The zero-order valence-corrected chi connectivity index (χ0v) is 65.2. The summed E-state index contributed by atoms with van der Waals surface area (Å²) in [7, 11) is -9.92. The summed E-state index contributed by atoms with van der Waals surface area (Å²) in [6.45, 7) is 9.68. The molecule has 97 heavy (non-hydrogen) atoms. The molecule has 0 amide bonds. The SMILES string of the molecule is CCCCCCCCCCCCCCCCCCC(=O)O[C@H](COC(=O)CCCCCCCCCCCCC(C)CC)COP(=O)(O)OC[C@@H](O)COP(=O)(O)OC[C@@H](COC(=O)CCCCCCCCCCCCCCC)OC(=O)CCCCCCCCCCCCC(C)CC. The molecule has 0 rings (SSSR count). The molecule has 0 aliphatic carbocycles. The molecule has 0 saturated heterocycles. The highest BCUT2D eigenvalue weighted by molar-refractivity contribution is 7.47. The van der Waals surface area contributed by atoms with Crippen molar-refractivity contribution in [3.8, 4) is 0 Å². The Kier molecular flexibility index (Phi) is 68.4. The second kappa shape index (κ2) is 69.8. The fourth-order valence-corrected chi connectivity index (χ4v) is 13.5. The van der Waals surface area contributed by atoms with Gasteiger partial charge in [0.1, 0.15) is 19.3 Å². The average molecular weight is 1420 g/mol. The number of phosphoric acid groups is 2. The molecule has 0 aromatic heterocycles. The maximum absolute atomic E-state index is 13.1. The minimum atomic E-state index is -4.96. The predicted molar refractivity (Wildman–Crippen MR) is 395 cm³/mol. The largest absolute Gasteiger partial charge is 0.472 e. The van der Waals surface area contributed by atoms with E-state index in [4.69, 9.17) is 37.0 Å². The first-order valence-electron chi connectivity index (χ1n) is 40.6. The first kappa shape index (κ1) is 95.1. The van der Waals surface area contributed by atoms with Crippen molar-refractivity contribution in [1.29, 1.82) is 0 Å². The number of aliphatic hydroxyl groups excluding tert-OH is 1. The lowest BCUT2D eigenvalue weighted by molar-refractivity contribution is -0.161. The van der Waals surface area contributed by atoms with E-state index in [9.17, 15) is 43.2 Å². The molecule has 0 aromatic rings. The van der Waals surface area contributed by atoms with Crippen LogP contribution in [-0.4, -0.2) is 96.7 Å². The predicted octanol–water partition coefficient (Wildman–Crippen LogP) is 23.1. The lowest BCUT2D eigenvalue weighted by atomic mass is 9.99. The van der Waals surface area contributed by atoms with Crippen LogP contribution < -0.4 is 0 Å². The maximum atomic E-state index is 13.1. The van der Waals surface area contributed by atoms with E-state index in [0.29, 0.717) is 25.7 Å². The quantitative estimate of drug-likeness (QED) is 0.0222. The normalized spacial score (nSPS) is 14.5. The van der Waals surface area contributed by atoms with Gasteiger partial charge in [-0.25, -0.2) is 9.13 Å². The second-order valence-electron chi connectivity index (χ2n) is 28.6. The average Bonchev–Trinajstić information content (AvgIpc) is 1.80. The van der Waals surface area contributed by atoms with Crippen LogP contribution in [0.1, 0.15) is 408 Å². The minimum absolute atomic E-state index is 0.107. The van der Waals surface area contributed by atoms with Gasteiger partial charge in [-0.3, -0.25) is 37.3 Å². The Bertz CT molecular complexity index is 1880. The molecule has 7 atom stereocenters. The van der Waals surface area contributed by atoms with Gasteiger partial charge >= 0.3 is 39.5 Å². The molecule has 0 saturated carbocycles. The van der Waals surface area contributed by atoms with Gasteiger partial charge in [0.2, 0.25) is 0 Å². The van der Waals surface area contributed by atoms with Crippen molar-refractivity contribution in [2.45, 2.75) is 426 Å². The monoisotopic (exact) mass is 1420 g/mol. The number of esters is 4. The molecule has 17 nitrogen and oxygen atoms in total. The molecule has 3 N–H and O–H groups in total. The molecule has 0 bridgehead atoms. The fourth-order valence-electron chi connectivity index (χ4n) is 11.9. The minimum Gasteiger partial charge on any atom is -0.462 e. The van der Waals surface area contributed by atoms with E-state index in [1.165, 1.54) is 225 Å². The van der Waals surface area contributed by atoms with Gasteiger partial charge in [-0.05, 0) is 37.5 Å². The molecule has 0 radical (unpaired) electrons. The van der Waals surface area contributed by atoms with Crippen molar-refractivity contribution in [3.05, 3.63) is 0 Å². The van der Waals surface area contributed by atoms with Crippen LogP contribution in [0.25, 0.3) is 0 Å². The van der Waals surface area contributed by atoms with Gasteiger partial charge in [0, 0.05) is 25.7 Å². The molecule has 0 aliphatic heterocycles.